The Bertz CT molecular complexity index is 522. The number of hydrogen-bond acceptors (Lipinski definition) is 3. The van der Waals surface area contributed by atoms with Crippen LogP contribution in [0.3, 0.4) is 0 Å². The molecular formula is C13H18N2O4. The average molecular weight is 266 g/mol. The Hall–Kier alpha value is -2.11. The van der Waals surface area contributed by atoms with Gasteiger partial charge in [-0.05, 0) is 18.9 Å². The summed E-state index contributed by atoms with van der Waals surface area (Å²) >= 11 is 0. The van der Waals surface area contributed by atoms with Gasteiger partial charge in [-0.2, -0.15) is 0 Å². The Morgan fingerprint density at radius 1 is 1.47 bits per heavy atom. The third-order valence-corrected chi connectivity index (χ3v) is 2.89. The zero-order chi connectivity index (χ0) is 14.4. The molecular weight excluding hydrogens is 248 g/mol. The van der Waals surface area contributed by atoms with E-state index in [1.54, 1.807) is 20.0 Å². The topological polar surface area (TPSA) is 88.4 Å². The average Bonchev–Trinajstić information content (AvgIpc) is 2.37. The lowest BCUT2D eigenvalue weighted by atomic mass is 10.1. The molecule has 1 aromatic heterocycles. The summed E-state index contributed by atoms with van der Waals surface area (Å²) in [7, 11) is 1.61. The molecule has 0 saturated carbocycles. The molecule has 104 valence electrons. The van der Waals surface area contributed by atoms with Gasteiger partial charge in [0.15, 0.2) is 0 Å². The number of rotatable bonds is 6. The van der Waals surface area contributed by atoms with Crippen molar-refractivity contribution in [2.45, 2.75) is 19.8 Å². The Morgan fingerprint density at radius 2 is 2.16 bits per heavy atom. The highest BCUT2D eigenvalue weighted by Gasteiger charge is 2.10. The Morgan fingerprint density at radius 3 is 2.74 bits per heavy atom. The molecule has 19 heavy (non-hydrogen) atoms. The monoisotopic (exact) mass is 266 g/mol. The second-order valence-electron chi connectivity index (χ2n) is 4.50. The standard InChI is InChI=1S/C13H18N2O4/c1-9(13(18)19)4-3-6-14-12(17)10-5-7-15(2)11(16)8-10/h5,7-9H,3-4,6H2,1-2H3,(H,14,17)(H,18,19). The van der Waals surface area contributed by atoms with Crippen molar-refractivity contribution < 1.29 is 14.7 Å². The molecule has 0 bridgehead atoms. The van der Waals surface area contributed by atoms with E-state index in [2.05, 4.69) is 5.32 Å². The first-order valence-corrected chi connectivity index (χ1v) is 6.09. The molecule has 2 N–H and O–H groups in total. The summed E-state index contributed by atoms with van der Waals surface area (Å²) in [6.45, 7) is 2.02. The number of hydrogen-bond donors (Lipinski definition) is 2. The van der Waals surface area contributed by atoms with Gasteiger partial charge in [0.05, 0.1) is 5.92 Å². The molecule has 0 fully saturated rings. The highest BCUT2D eigenvalue weighted by molar-refractivity contribution is 5.93. The van der Waals surface area contributed by atoms with Gasteiger partial charge in [-0.3, -0.25) is 14.4 Å². The fraction of sp³-hybridized carbons (Fsp3) is 0.462. The number of aliphatic carboxylic acids is 1. The van der Waals surface area contributed by atoms with Crippen molar-refractivity contribution in [1.82, 2.24) is 9.88 Å². The molecule has 0 spiro atoms. The van der Waals surface area contributed by atoms with Gasteiger partial charge < -0.3 is 15.0 Å². The molecule has 6 nitrogen and oxygen atoms in total. The van der Waals surface area contributed by atoms with Gasteiger partial charge in [0.2, 0.25) is 0 Å². The zero-order valence-electron chi connectivity index (χ0n) is 11.0. The lowest BCUT2D eigenvalue weighted by Crippen LogP contribution is -2.27. The summed E-state index contributed by atoms with van der Waals surface area (Å²) in [6.07, 6.45) is 2.62. The number of carboxylic acids is 1. The highest BCUT2D eigenvalue weighted by atomic mass is 16.4. The van der Waals surface area contributed by atoms with E-state index in [0.29, 0.717) is 24.9 Å². The molecule has 1 heterocycles. The summed E-state index contributed by atoms with van der Waals surface area (Å²) in [5.74, 6) is -1.57. The lowest BCUT2D eigenvalue weighted by molar-refractivity contribution is -0.141. The molecule has 1 rings (SSSR count). The second-order valence-corrected chi connectivity index (χ2v) is 4.50. The van der Waals surface area contributed by atoms with Crippen LogP contribution in [0.1, 0.15) is 30.1 Å². The van der Waals surface area contributed by atoms with Crippen LogP contribution in [0.2, 0.25) is 0 Å². The summed E-state index contributed by atoms with van der Waals surface area (Å²) in [5, 5.41) is 11.4. The number of carboxylic acid groups (broad SMARTS) is 1. The molecule has 0 aliphatic rings. The molecule has 1 atom stereocenters. The van der Waals surface area contributed by atoms with Crippen LogP contribution in [0.15, 0.2) is 23.1 Å². The van der Waals surface area contributed by atoms with Crippen LogP contribution >= 0.6 is 0 Å². The molecule has 0 aliphatic heterocycles. The van der Waals surface area contributed by atoms with Crippen LogP contribution < -0.4 is 10.9 Å². The predicted octanol–water partition coefficient (Wildman–Crippen LogP) is 0.616. The van der Waals surface area contributed by atoms with Crippen LogP contribution in [-0.2, 0) is 11.8 Å². The molecule has 1 amide bonds. The maximum absolute atomic E-state index is 11.7. The smallest absolute Gasteiger partial charge is 0.306 e. The van der Waals surface area contributed by atoms with E-state index in [-0.39, 0.29) is 11.5 Å². The third-order valence-electron chi connectivity index (χ3n) is 2.89. The predicted molar refractivity (Wildman–Crippen MR) is 70.1 cm³/mol. The quantitative estimate of drug-likeness (QED) is 0.739. The SMILES string of the molecule is CC(CCCNC(=O)c1ccn(C)c(=O)c1)C(=O)O. The maximum Gasteiger partial charge on any atom is 0.306 e. The Kier molecular flexibility index (Phi) is 5.29. The van der Waals surface area contributed by atoms with E-state index in [4.69, 9.17) is 5.11 Å². The fourth-order valence-corrected chi connectivity index (χ4v) is 1.53. The molecule has 6 heteroatoms. The molecule has 0 aliphatic carbocycles. The van der Waals surface area contributed by atoms with Crippen molar-refractivity contribution in [3.05, 3.63) is 34.2 Å². The summed E-state index contributed by atoms with van der Waals surface area (Å²) < 4.78 is 1.38. The molecule has 0 saturated heterocycles. The van der Waals surface area contributed by atoms with Gasteiger partial charge in [0.25, 0.3) is 11.5 Å². The van der Waals surface area contributed by atoms with Crippen molar-refractivity contribution in [3.63, 3.8) is 0 Å². The van der Waals surface area contributed by atoms with Crippen LogP contribution in [-0.4, -0.2) is 28.1 Å². The van der Waals surface area contributed by atoms with Crippen molar-refractivity contribution in [3.8, 4) is 0 Å². The normalized spacial score (nSPS) is 11.9. The maximum atomic E-state index is 11.7. The van der Waals surface area contributed by atoms with Gasteiger partial charge in [-0.15, -0.1) is 0 Å². The minimum absolute atomic E-state index is 0.243. The first kappa shape index (κ1) is 14.9. The summed E-state index contributed by atoms with van der Waals surface area (Å²) in [5.41, 5.74) is 0.0709. The minimum Gasteiger partial charge on any atom is -0.481 e. The van der Waals surface area contributed by atoms with Crippen LogP contribution in [0.25, 0.3) is 0 Å². The zero-order valence-corrected chi connectivity index (χ0v) is 11.0. The van der Waals surface area contributed by atoms with Crippen molar-refractivity contribution >= 4 is 11.9 Å². The van der Waals surface area contributed by atoms with Crippen molar-refractivity contribution in [1.29, 1.82) is 0 Å². The molecule has 1 unspecified atom stereocenters. The van der Waals surface area contributed by atoms with E-state index in [1.165, 1.54) is 16.8 Å². The highest BCUT2D eigenvalue weighted by Crippen LogP contribution is 2.04. The van der Waals surface area contributed by atoms with Crippen LogP contribution in [0.4, 0.5) is 0 Å². The summed E-state index contributed by atoms with van der Waals surface area (Å²) in [4.78, 5) is 33.7. The number of nitrogens with zero attached hydrogens (tertiary/aromatic N) is 1. The van der Waals surface area contributed by atoms with E-state index in [0.717, 1.165) is 0 Å². The summed E-state index contributed by atoms with van der Waals surface area (Å²) in [6, 6.07) is 2.84. The third kappa shape index (κ3) is 4.57. The van der Waals surface area contributed by atoms with Crippen molar-refractivity contribution in [2.75, 3.05) is 6.54 Å². The van der Waals surface area contributed by atoms with Gasteiger partial charge in [0, 0.05) is 31.4 Å². The van der Waals surface area contributed by atoms with Crippen LogP contribution in [0.5, 0.6) is 0 Å². The first-order valence-electron chi connectivity index (χ1n) is 6.09. The fourth-order valence-electron chi connectivity index (χ4n) is 1.53. The largest absolute Gasteiger partial charge is 0.481 e. The Balaban J connectivity index is 2.41. The lowest BCUT2D eigenvalue weighted by Gasteiger charge is -2.07. The Labute approximate surface area is 111 Å². The molecule has 0 radical (unpaired) electrons. The number of carbonyl (C=O) groups excluding carboxylic acids is 1. The molecule has 0 aromatic carbocycles. The van der Waals surface area contributed by atoms with Crippen molar-refractivity contribution in [2.24, 2.45) is 13.0 Å². The second kappa shape index (κ2) is 6.72. The number of carbonyl (C=O) groups is 2. The van der Waals surface area contributed by atoms with E-state index >= 15 is 0 Å². The number of aromatic nitrogens is 1. The number of amides is 1. The number of nitrogens with one attached hydrogen (secondary N) is 1. The minimum atomic E-state index is -0.835. The molecule has 1 aromatic rings. The van der Waals surface area contributed by atoms with E-state index < -0.39 is 11.9 Å². The van der Waals surface area contributed by atoms with Gasteiger partial charge in [-0.25, -0.2) is 0 Å². The number of pyridine rings is 1. The van der Waals surface area contributed by atoms with Gasteiger partial charge in [-0.1, -0.05) is 6.92 Å². The first-order chi connectivity index (χ1) is 8.91. The van der Waals surface area contributed by atoms with Crippen LogP contribution in [0, 0.1) is 5.92 Å². The van der Waals surface area contributed by atoms with Gasteiger partial charge in [0.1, 0.15) is 0 Å². The number of aryl methyl sites for hydroxylation is 1. The van der Waals surface area contributed by atoms with Gasteiger partial charge >= 0.3 is 5.97 Å². The van der Waals surface area contributed by atoms with E-state index in [9.17, 15) is 14.4 Å². The van der Waals surface area contributed by atoms with E-state index in [1.807, 2.05) is 0 Å².